The molecule has 0 atom stereocenters. The standard InChI is InChI=1S/C19H32N2O/c1-4-5-6-7-14-18(22)21-15-10-12-16-11-8-9-13-17(16)19(2,3)20/h8-9,11,13H,4-7,10,12,14-15,20H2,1-3H3,(H,21,22). The largest absolute Gasteiger partial charge is 0.356 e. The molecule has 0 aliphatic carbocycles. The lowest BCUT2D eigenvalue weighted by molar-refractivity contribution is -0.121. The second kappa shape index (κ2) is 9.62. The lowest BCUT2D eigenvalue weighted by atomic mass is 9.89. The molecule has 3 heteroatoms. The van der Waals surface area contributed by atoms with Gasteiger partial charge < -0.3 is 11.1 Å². The number of nitrogens with two attached hydrogens (primary N) is 1. The Balaban J connectivity index is 2.29. The first-order chi connectivity index (χ1) is 10.4. The summed E-state index contributed by atoms with van der Waals surface area (Å²) in [4.78, 5) is 11.7. The van der Waals surface area contributed by atoms with Gasteiger partial charge in [-0.05, 0) is 44.2 Å². The number of hydrogen-bond acceptors (Lipinski definition) is 2. The number of rotatable bonds is 10. The molecule has 22 heavy (non-hydrogen) atoms. The van der Waals surface area contributed by atoms with Crippen LogP contribution in [0.4, 0.5) is 0 Å². The second-order valence-electron chi connectivity index (χ2n) is 6.64. The fraction of sp³-hybridized carbons (Fsp3) is 0.632. The molecule has 1 aromatic carbocycles. The summed E-state index contributed by atoms with van der Waals surface area (Å²) in [6.45, 7) is 6.99. The van der Waals surface area contributed by atoms with E-state index in [1.54, 1.807) is 0 Å². The van der Waals surface area contributed by atoms with E-state index in [1.807, 2.05) is 19.9 Å². The molecule has 124 valence electrons. The molecule has 3 nitrogen and oxygen atoms in total. The minimum absolute atomic E-state index is 0.184. The quantitative estimate of drug-likeness (QED) is 0.644. The van der Waals surface area contributed by atoms with Crippen LogP contribution in [0.15, 0.2) is 24.3 Å². The van der Waals surface area contributed by atoms with Gasteiger partial charge in [0.1, 0.15) is 0 Å². The first-order valence-electron chi connectivity index (χ1n) is 8.59. The SMILES string of the molecule is CCCCCCC(=O)NCCCc1ccccc1C(C)(C)N. The summed E-state index contributed by atoms with van der Waals surface area (Å²) in [6, 6.07) is 8.32. The highest BCUT2D eigenvalue weighted by molar-refractivity contribution is 5.75. The molecule has 0 radical (unpaired) electrons. The molecule has 0 aliphatic rings. The predicted octanol–water partition coefficient (Wildman–Crippen LogP) is 3.90. The minimum Gasteiger partial charge on any atom is -0.356 e. The lowest BCUT2D eigenvalue weighted by Gasteiger charge is -2.23. The van der Waals surface area contributed by atoms with Crippen molar-refractivity contribution < 1.29 is 4.79 Å². The zero-order chi connectivity index (χ0) is 16.4. The molecule has 0 aliphatic heterocycles. The van der Waals surface area contributed by atoms with E-state index < -0.39 is 0 Å². The zero-order valence-corrected chi connectivity index (χ0v) is 14.5. The van der Waals surface area contributed by atoms with E-state index in [-0.39, 0.29) is 11.4 Å². The minimum atomic E-state index is -0.320. The first-order valence-corrected chi connectivity index (χ1v) is 8.59. The molecule has 0 aromatic heterocycles. The monoisotopic (exact) mass is 304 g/mol. The van der Waals surface area contributed by atoms with Crippen molar-refractivity contribution in [2.45, 2.75) is 71.3 Å². The smallest absolute Gasteiger partial charge is 0.219 e. The normalized spacial score (nSPS) is 11.5. The van der Waals surface area contributed by atoms with Crippen LogP contribution in [0.2, 0.25) is 0 Å². The number of unbranched alkanes of at least 4 members (excludes halogenated alkanes) is 3. The van der Waals surface area contributed by atoms with Crippen molar-refractivity contribution in [3.05, 3.63) is 35.4 Å². The van der Waals surface area contributed by atoms with Gasteiger partial charge in [-0.3, -0.25) is 4.79 Å². The van der Waals surface area contributed by atoms with Gasteiger partial charge in [-0.15, -0.1) is 0 Å². The number of benzene rings is 1. The maximum absolute atomic E-state index is 11.7. The fourth-order valence-corrected chi connectivity index (χ4v) is 2.67. The predicted molar refractivity (Wildman–Crippen MR) is 93.7 cm³/mol. The van der Waals surface area contributed by atoms with Gasteiger partial charge in [0.05, 0.1) is 0 Å². The molecule has 1 amide bonds. The highest BCUT2D eigenvalue weighted by Gasteiger charge is 2.17. The van der Waals surface area contributed by atoms with Gasteiger partial charge in [-0.25, -0.2) is 0 Å². The van der Waals surface area contributed by atoms with E-state index in [0.29, 0.717) is 6.42 Å². The van der Waals surface area contributed by atoms with Crippen LogP contribution in [-0.2, 0) is 16.8 Å². The summed E-state index contributed by atoms with van der Waals surface area (Å²) in [7, 11) is 0. The van der Waals surface area contributed by atoms with Crippen LogP contribution in [0.25, 0.3) is 0 Å². The van der Waals surface area contributed by atoms with Gasteiger partial charge in [0.2, 0.25) is 5.91 Å². The van der Waals surface area contributed by atoms with E-state index in [1.165, 1.54) is 24.0 Å². The number of carbonyl (C=O) groups is 1. The van der Waals surface area contributed by atoms with Crippen molar-refractivity contribution in [1.29, 1.82) is 0 Å². The van der Waals surface area contributed by atoms with Crippen LogP contribution >= 0.6 is 0 Å². The van der Waals surface area contributed by atoms with Crippen LogP contribution < -0.4 is 11.1 Å². The van der Waals surface area contributed by atoms with Crippen molar-refractivity contribution in [2.24, 2.45) is 5.73 Å². The molecule has 1 aromatic rings. The van der Waals surface area contributed by atoms with Crippen LogP contribution in [0.3, 0.4) is 0 Å². The average Bonchev–Trinajstić information content (AvgIpc) is 2.47. The molecule has 1 rings (SSSR count). The Bertz CT molecular complexity index is 449. The molecular formula is C19H32N2O. The summed E-state index contributed by atoms with van der Waals surface area (Å²) in [5.74, 6) is 0.184. The number of nitrogens with one attached hydrogen (secondary N) is 1. The summed E-state index contributed by atoms with van der Waals surface area (Å²) >= 11 is 0. The molecule has 0 fully saturated rings. The molecule has 0 spiro atoms. The number of hydrogen-bond donors (Lipinski definition) is 2. The van der Waals surface area contributed by atoms with E-state index in [4.69, 9.17) is 5.73 Å². The Hall–Kier alpha value is -1.35. The highest BCUT2D eigenvalue weighted by Crippen LogP contribution is 2.22. The van der Waals surface area contributed by atoms with E-state index in [2.05, 4.69) is 30.4 Å². The van der Waals surface area contributed by atoms with Crippen molar-refractivity contribution in [3.8, 4) is 0 Å². The number of amides is 1. The number of aryl methyl sites for hydroxylation is 1. The van der Waals surface area contributed by atoms with Gasteiger partial charge in [-0.1, -0.05) is 50.5 Å². The van der Waals surface area contributed by atoms with Gasteiger partial charge in [0.25, 0.3) is 0 Å². The molecule has 0 saturated carbocycles. The van der Waals surface area contributed by atoms with Crippen molar-refractivity contribution in [2.75, 3.05) is 6.54 Å². The lowest BCUT2D eigenvalue weighted by Crippen LogP contribution is -2.30. The Morgan fingerprint density at radius 2 is 1.86 bits per heavy atom. The highest BCUT2D eigenvalue weighted by atomic mass is 16.1. The second-order valence-corrected chi connectivity index (χ2v) is 6.64. The zero-order valence-electron chi connectivity index (χ0n) is 14.5. The first kappa shape index (κ1) is 18.7. The van der Waals surface area contributed by atoms with E-state index >= 15 is 0 Å². The molecule has 3 N–H and O–H groups in total. The summed E-state index contributed by atoms with van der Waals surface area (Å²) in [5, 5.41) is 3.02. The maximum Gasteiger partial charge on any atom is 0.219 e. The van der Waals surface area contributed by atoms with Gasteiger partial charge in [-0.2, -0.15) is 0 Å². The average molecular weight is 304 g/mol. The topological polar surface area (TPSA) is 55.1 Å². The molecular weight excluding hydrogens is 272 g/mol. The van der Waals surface area contributed by atoms with E-state index in [9.17, 15) is 4.79 Å². The Morgan fingerprint density at radius 3 is 2.55 bits per heavy atom. The Labute approximate surface area is 135 Å². The van der Waals surface area contributed by atoms with E-state index in [0.717, 1.165) is 32.2 Å². The Morgan fingerprint density at radius 1 is 1.14 bits per heavy atom. The third kappa shape index (κ3) is 7.08. The van der Waals surface area contributed by atoms with Crippen molar-refractivity contribution >= 4 is 5.91 Å². The van der Waals surface area contributed by atoms with Crippen LogP contribution in [0.1, 0.15) is 70.4 Å². The molecule has 0 heterocycles. The van der Waals surface area contributed by atoms with Crippen LogP contribution in [0.5, 0.6) is 0 Å². The van der Waals surface area contributed by atoms with Crippen LogP contribution in [0, 0.1) is 0 Å². The fourth-order valence-electron chi connectivity index (χ4n) is 2.67. The summed E-state index contributed by atoms with van der Waals surface area (Å²) < 4.78 is 0. The third-order valence-corrected chi connectivity index (χ3v) is 3.91. The van der Waals surface area contributed by atoms with Gasteiger partial charge in [0.15, 0.2) is 0 Å². The summed E-state index contributed by atoms with van der Waals surface area (Å²) in [6.07, 6.45) is 7.15. The van der Waals surface area contributed by atoms with Crippen LogP contribution in [-0.4, -0.2) is 12.5 Å². The van der Waals surface area contributed by atoms with Gasteiger partial charge in [0, 0.05) is 18.5 Å². The third-order valence-electron chi connectivity index (χ3n) is 3.91. The number of carbonyl (C=O) groups excluding carboxylic acids is 1. The maximum atomic E-state index is 11.7. The van der Waals surface area contributed by atoms with Crippen molar-refractivity contribution in [1.82, 2.24) is 5.32 Å². The van der Waals surface area contributed by atoms with Gasteiger partial charge >= 0.3 is 0 Å². The molecule has 0 bridgehead atoms. The molecule has 0 saturated heterocycles. The Kier molecular flexibility index (Phi) is 8.18. The summed E-state index contributed by atoms with van der Waals surface area (Å²) in [5.41, 5.74) is 8.38. The molecule has 0 unspecified atom stereocenters. The van der Waals surface area contributed by atoms with Crippen molar-refractivity contribution in [3.63, 3.8) is 0 Å².